The topological polar surface area (TPSA) is 53.7 Å². The van der Waals surface area contributed by atoms with Gasteiger partial charge in [0.25, 0.3) is 0 Å². The third kappa shape index (κ3) is 2.91. The summed E-state index contributed by atoms with van der Waals surface area (Å²) >= 11 is 0. The molecule has 0 amide bonds. The molecule has 0 radical (unpaired) electrons. The maximum atomic E-state index is 6.02. The number of hydrogen-bond donors (Lipinski definition) is 1. The Hall–Kier alpha value is -2.36. The molecule has 0 bridgehead atoms. The Morgan fingerprint density at radius 1 is 0.895 bits per heavy atom. The fourth-order valence-electron chi connectivity index (χ4n) is 1.72. The summed E-state index contributed by atoms with van der Waals surface area (Å²) in [5.74, 6) is 2.44. The number of para-hydroxylation sites is 3. The van der Waals surface area contributed by atoms with Crippen LogP contribution in [0.5, 0.6) is 23.0 Å². The third-order valence-corrected chi connectivity index (χ3v) is 2.61. The lowest BCUT2D eigenvalue weighted by atomic mass is 10.2. The average molecular weight is 259 g/mol. The van der Waals surface area contributed by atoms with Gasteiger partial charge in [0.15, 0.2) is 17.2 Å². The van der Waals surface area contributed by atoms with Crippen molar-refractivity contribution in [3.8, 4) is 23.0 Å². The Labute approximate surface area is 112 Å². The SMILES string of the molecule is CCOc1cccc(Oc2ccccc2OC)c1N. The number of hydrogen-bond acceptors (Lipinski definition) is 4. The molecule has 4 heteroatoms. The van der Waals surface area contributed by atoms with Crippen molar-refractivity contribution < 1.29 is 14.2 Å². The van der Waals surface area contributed by atoms with Gasteiger partial charge in [0.05, 0.1) is 13.7 Å². The molecule has 0 heterocycles. The zero-order valence-electron chi connectivity index (χ0n) is 11.1. The highest BCUT2D eigenvalue weighted by molar-refractivity contribution is 5.64. The van der Waals surface area contributed by atoms with Gasteiger partial charge in [-0.3, -0.25) is 0 Å². The van der Waals surface area contributed by atoms with Crippen LogP contribution < -0.4 is 19.9 Å². The molecule has 100 valence electrons. The highest BCUT2D eigenvalue weighted by atomic mass is 16.5. The predicted molar refractivity (Wildman–Crippen MR) is 75.1 cm³/mol. The van der Waals surface area contributed by atoms with Gasteiger partial charge in [0.2, 0.25) is 0 Å². The lowest BCUT2D eigenvalue weighted by molar-refractivity contribution is 0.339. The van der Waals surface area contributed by atoms with Crippen molar-refractivity contribution in [2.45, 2.75) is 6.92 Å². The third-order valence-electron chi connectivity index (χ3n) is 2.61. The number of nitrogen functional groups attached to an aromatic ring is 1. The molecule has 2 N–H and O–H groups in total. The van der Waals surface area contributed by atoms with E-state index < -0.39 is 0 Å². The van der Waals surface area contributed by atoms with Crippen molar-refractivity contribution in [1.29, 1.82) is 0 Å². The minimum absolute atomic E-state index is 0.482. The van der Waals surface area contributed by atoms with Crippen molar-refractivity contribution in [2.24, 2.45) is 0 Å². The molecule has 2 aromatic carbocycles. The van der Waals surface area contributed by atoms with Crippen LogP contribution in [0, 0.1) is 0 Å². The fourth-order valence-corrected chi connectivity index (χ4v) is 1.72. The molecule has 0 atom stereocenters. The lowest BCUT2D eigenvalue weighted by Crippen LogP contribution is -1.99. The number of methoxy groups -OCH3 is 1. The molecule has 2 aromatic rings. The Kier molecular flexibility index (Phi) is 4.13. The van der Waals surface area contributed by atoms with Gasteiger partial charge in [0, 0.05) is 0 Å². The summed E-state index contributed by atoms with van der Waals surface area (Å²) in [6.45, 7) is 2.47. The second kappa shape index (κ2) is 6.00. The summed E-state index contributed by atoms with van der Waals surface area (Å²) in [4.78, 5) is 0. The molecule has 0 unspecified atom stereocenters. The summed E-state index contributed by atoms with van der Waals surface area (Å²) in [7, 11) is 1.60. The molecule has 4 nitrogen and oxygen atoms in total. The van der Waals surface area contributed by atoms with Crippen LogP contribution in [0.2, 0.25) is 0 Å². The quantitative estimate of drug-likeness (QED) is 0.835. The van der Waals surface area contributed by atoms with Crippen LogP contribution in [0.15, 0.2) is 42.5 Å². The first-order valence-corrected chi connectivity index (χ1v) is 6.08. The monoisotopic (exact) mass is 259 g/mol. The zero-order chi connectivity index (χ0) is 13.7. The molecule has 0 saturated carbocycles. The van der Waals surface area contributed by atoms with Crippen molar-refractivity contribution in [1.82, 2.24) is 0 Å². The van der Waals surface area contributed by atoms with E-state index in [2.05, 4.69) is 0 Å². The highest BCUT2D eigenvalue weighted by Crippen LogP contribution is 2.37. The molecule has 19 heavy (non-hydrogen) atoms. The van der Waals surface area contributed by atoms with Crippen LogP contribution in [0.4, 0.5) is 5.69 Å². The van der Waals surface area contributed by atoms with Crippen LogP contribution >= 0.6 is 0 Å². The van der Waals surface area contributed by atoms with E-state index in [1.807, 2.05) is 43.3 Å². The number of rotatable bonds is 5. The predicted octanol–water partition coefficient (Wildman–Crippen LogP) is 3.47. The van der Waals surface area contributed by atoms with Gasteiger partial charge in [-0.2, -0.15) is 0 Å². The number of anilines is 1. The van der Waals surface area contributed by atoms with Crippen molar-refractivity contribution in [2.75, 3.05) is 19.5 Å². The molecule has 0 spiro atoms. The second-order valence-electron chi connectivity index (χ2n) is 3.85. The minimum Gasteiger partial charge on any atom is -0.493 e. The number of benzene rings is 2. The molecular formula is C15H17NO3. The van der Waals surface area contributed by atoms with Crippen LogP contribution in [0.1, 0.15) is 6.92 Å². The smallest absolute Gasteiger partial charge is 0.169 e. The van der Waals surface area contributed by atoms with Crippen LogP contribution in [-0.2, 0) is 0 Å². The van der Waals surface area contributed by atoms with Crippen molar-refractivity contribution >= 4 is 5.69 Å². The van der Waals surface area contributed by atoms with E-state index in [4.69, 9.17) is 19.9 Å². The molecule has 0 aliphatic carbocycles. The summed E-state index contributed by atoms with van der Waals surface area (Å²) in [5.41, 5.74) is 6.50. The second-order valence-corrected chi connectivity index (χ2v) is 3.85. The van der Waals surface area contributed by atoms with Gasteiger partial charge in [-0.1, -0.05) is 18.2 Å². The molecule has 0 aromatic heterocycles. The maximum absolute atomic E-state index is 6.02. The fraction of sp³-hybridized carbons (Fsp3) is 0.200. The zero-order valence-corrected chi connectivity index (χ0v) is 11.1. The Morgan fingerprint density at radius 2 is 1.53 bits per heavy atom. The van der Waals surface area contributed by atoms with Gasteiger partial charge in [0.1, 0.15) is 11.4 Å². The summed E-state index contributed by atoms with van der Waals surface area (Å²) in [5, 5.41) is 0. The maximum Gasteiger partial charge on any atom is 0.169 e. The van der Waals surface area contributed by atoms with Gasteiger partial charge >= 0.3 is 0 Å². The standard InChI is InChI=1S/C15H17NO3/c1-3-18-13-9-6-10-14(15(13)16)19-12-8-5-4-7-11(12)17-2/h4-10H,3,16H2,1-2H3. The summed E-state index contributed by atoms with van der Waals surface area (Å²) < 4.78 is 16.5. The van der Waals surface area contributed by atoms with Gasteiger partial charge in [-0.15, -0.1) is 0 Å². The Bertz CT molecular complexity index is 555. The normalized spacial score (nSPS) is 10.0. The number of ether oxygens (including phenoxy) is 3. The summed E-state index contributed by atoms with van der Waals surface area (Å²) in [6.07, 6.45) is 0. The Morgan fingerprint density at radius 3 is 2.21 bits per heavy atom. The van der Waals surface area contributed by atoms with E-state index in [1.165, 1.54) is 0 Å². The number of nitrogens with two attached hydrogens (primary N) is 1. The van der Waals surface area contributed by atoms with Crippen LogP contribution in [0.3, 0.4) is 0 Å². The largest absolute Gasteiger partial charge is 0.493 e. The van der Waals surface area contributed by atoms with E-state index in [1.54, 1.807) is 13.2 Å². The lowest BCUT2D eigenvalue weighted by Gasteiger charge is -2.14. The van der Waals surface area contributed by atoms with Gasteiger partial charge in [-0.25, -0.2) is 0 Å². The Balaban J connectivity index is 2.30. The highest BCUT2D eigenvalue weighted by Gasteiger charge is 2.10. The molecule has 0 aliphatic heterocycles. The first-order valence-electron chi connectivity index (χ1n) is 6.08. The first kappa shape index (κ1) is 13.1. The molecule has 2 rings (SSSR count). The van der Waals surface area contributed by atoms with E-state index in [0.717, 1.165) is 0 Å². The van der Waals surface area contributed by atoms with Gasteiger partial charge < -0.3 is 19.9 Å². The summed E-state index contributed by atoms with van der Waals surface area (Å²) in [6, 6.07) is 12.9. The van der Waals surface area contributed by atoms with Crippen molar-refractivity contribution in [3.05, 3.63) is 42.5 Å². The van der Waals surface area contributed by atoms with E-state index in [-0.39, 0.29) is 0 Å². The molecule has 0 fully saturated rings. The van der Waals surface area contributed by atoms with Gasteiger partial charge in [-0.05, 0) is 31.2 Å². The van der Waals surface area contributed by atoms with E-state index in [9.17, 15) is 0 Å². The average Bonchev–Trinajstić information content (AvgIpc) is 2.44. The molecular weight excluding hydrogens is 242 g/mol. The van der Waals surface area contributed by atoms with Crippen molar-refractivity contribution in [3.63, 3.8) is 0 Å². The minimum atomic E-state index is 0.482. The molecule has 0 saturated heterocycles. The first-order chi connectivity index (χ1) is 9.26. The van der Waals surface area contributed by atoms with E-state index in [0.29, 0.717) is 35.3 Å². The van der Waals surface area contributed by atoms with Crippen LogP contribution in [0.25, 0.3) is 0 Å². The van der Waals surface area contributed by atoms with Crippen LogP contribution in [-0.4, -0.2) is 13.7 Å². The van der Waals surface area contributed by atoms with E-state index >= 15 is 0 Å². The molecule has 0 aliphatic rings.